The van der Waals surface area contributed by atoms with Crippen LogP contribution in [0.2, 0.25) is 5.02 Å². The molecule has 0 spiro atoms. The van der Waals surface area contributed by atoms with Crippen molar-refractivity contribution in [2.45, 2.75) is 19.3 Å². The zero-order chi connectivity index (χ0) is 13.7. The Labute approximate surface area is 117 Å². The summed E-state index contributed by atoms with van der Waals surface area (Å²) >= 11 is 5.87. The Morgan fingerprint density at radius 3 is 2.79 bits per heavy atom. The summed E-state index contributed by atoms with van der Waals surface area (Å²) in [7, 11) is 0. The summed E-state index contributed by atoms with van der Waals surface area (Å²) in [5.74, 6) is -0.180. The lowest BCUT2D eigenvalue weighted by Crippen LogP contribution is -2.32. The van der Waals surface area contributed by atoms with Gasteiger partial charge in [0.2, 0.25) is 5.91 Å². The molecule has 1 aliphatic heterocycles. The van der Waals surface area contributed by atoms with Gasteiger partial charge in [0.1, 0.15) is 0 Å². The Kier molecular flexibility index (Phi) is 4.74. The fraction of sp³-hybridized carbons (Fsp3) is 0.462. The molecule has 0 bridgehead atoms. The number of amides is 2. The predicted molar refractivity (Wildman–Crippen MR) is 72.0 cm³/mol. The first-order chi connectivity index (χ1) is 9.18. The summed E-state index contributed by atoms with van der Waals surface area (Å²) in [6.45, 7) is 2.00. The van der Waals surface area contributed by atoms with Crippen LogP contribution in [0.25, 0.3) is 0 Å². The van der Waals surface area contributed by atoms with Gasteiger partial charge < -0.3 is 10.2 Å². The average Bonchev–Trinajstić information content (AvgIpc) is 2.93. The van der Waals surface area contributed by atoms with Crippen molar-refractivity contribution in [3.8, 4) is 0 Å². The van der Waals surface area contributed by atoms with Gasteiger partial charge in [-0.15, -0.1) is 0 Å². The van der Waals surface area contributed by atoms with Crippen LogP contribution in [0, 0.1) is 0 Å². The van der Waals surface area contributed by atoms with E-state index in [0.29, 0.717) is 23.6 Å². The van der Waals surface area contributed by atoms with Gasteiger partial charge in [-0.1, -0.05) is 11.6 Å². The van der Waals surface area contributed by atoms with Gasteiger partial charge in [-0.2, -0.15) is 0 Å². The van der Waals surface area contributed by atoms with E-state index in [2.05, 4.69) is 10.3 Å². The van der Waals surface area contributed by atoms with Crippen molar-refractivity contribution in [3.63, 3.8) is 0 Å². The van der Waals surface area contributed by atoms with Gasteiger partial charge in [0.15, 0.2) is 0 Å². The second-order valence-electron chi connectivity index (χ2n) is 4.45. The second-order valence-corrected chi connectivity index (χ2v) is 4.86. The normalized spacial score (nSPS) is 14.5. The van der Waals surface area contributed by atoms with Crippen molar-refractivity contribution in [2.75, 3.05) is 19.6 Å². The molecule has 1 saturated heterocycles. The van der Waals surface area contributed by atoms with Gasteiger partial charge in [-0.25, -0.2) is 0 Å². The maximum atomic E-state index is 11.8. The van der Waals surface area contributed by atoms with E-state index >= 15 is 0 Å². The highest BCUT2D eigenvalue weighted by molar-refractivity contribution is 6.33. The average molecular weight is 282 g/mol. The number of hydrogen-bond acceptors (Lipinski definition) is 3. The van der Waals surface area contributed by atoms with Crippen molar-refractivity contribution in [1.29, 1.82) is 0 Å². The zero-order valence-corrected chi connectivity index (χ0v) is 11.3. The third kappa shape index (κ3) is 3.67. The topological polar surface area (TPSA) is 62.3 Å². The van der Waals surface area contributed by atoms with Crippen LogP contribution in [-0.2, 0) is 4.79 Å². The quantitative estimate of drug-likeness (QED) is 0.909. The van der Waals surface area contributed by atoms with Crippen LogP contribution in [0.4, 0.5) is 0 Å². The standard InChI is InChI=1S/C13H16ClN3O2/c14-11-9-15-5-3-10(11)13(19)16-6-4-12(18)17-7-1-2-8-17/h3,5,9H,1-2,4,6-8H2,(H,16,19). The summed E-state index contributed by atoms with van der Waals surface area (Å²) in [5.41, 5.74) is 0.380. The van der Waals surface area contributed by atoms with Crippen LogP contribution >= 0.6 is 11.6 Å². The minimum atomic E-state index is -0.276. The number of nitrogens with one attached hydrogen (secondary N) is 1. The number of likely N-dealkylation sites (tertiary alicyclic amines) is 1. The molecule has 2 rings (SSSR count). The zero-order valence-electron chi connectivity index (χ0n) is 10.6. The number of hydrogen-bond donors (Lipinski definition) is 1. The summed E-state index contributed by atoms with van der Waals surface area (Å²) in [5, 5.41) is 3.01. The molecule has 0 saturated carbocycles. The van der Waals surface area contributed by atoms with Crippen LogP contribution in [0.15, 0.2) is 18.5 Å². The molecule has 1 aromatic rings. The summed E-state index contributed by atoms with van der Waals surface area (Å²) < 4.78 is 0. The van der Waals surface area contributed by atoms with Gasteiger partial charge in [0, 0.05) is 38.4 Å². The minimum Gasteiger partial charge on any atom is -0.351 e. The van der Waals surface area contributed by atoms with Gasteiger partial charge >= 0.3 is 0 Å². The molecule has 19 heavy (non-hydrogen) atoms. The van der Waals surface area contributed by atoms with Crippen LogP contribution in [0.1, 0.15) is 29.6 Å². The second kappa shape index (κ2) is 6.52. The highest BCUT2D eigenvalue weighted by Crippen LogP contribution is 2.13. The summed E-state index contributed by atoms with van der Waals surface area (Å²) in [6, 6.07) is 1.56. The molecule has 1 fully saturated rings. The SMILES string of the molecule is O=C(NCCC(=O)N1CCCC1)c1ccncc1Cl. The van der Waals surface area contributed by atoms with E-state index in [9.17, 15) is 9.59 Å². The fourth-order valence-electron chi connectivity index (χ4n) is 2.06. The lowest BCUT2D eigenvalue weighted by atomic mass is 10.2. The first-order valence-corrected chi connectivity index (χ1v) is 6.72. The van der Waals surface area contributed by atoms with Crippen molar-refractivity contribution in [1.82, 2.24) is 15.2 Å². The minimum absolute atomic E-state index is 0.0959. The number of halogens is 1. The molecule has 0 unspecified atom stereocenters. The first kappa shape index (κ1) is 13.8. The van der Waals surface area contributed by atoms with Crippen molar-refractivity contribution >= 4 is 23.4 Å². The third-order valence-corrected chi connectivity index (χ3v) is 3.40. The molecule has 0 radical (unpaired) electrons. The van der Waals surface area contributed by atoms with Crippen LogP contribution in [0.5, 0.6) is 0 Å². The fourth-order valence-corrected chi connectivity index (χ4v) is 2.27. The number of carbonyl (C=O) groups is 2. The smallest absolute Gasteiger partial charge is 0.252 e. The molecular weight excluding hydrogens is 266 g/mol. The molecule has 0 aromatic carbocycles. The maximum Gasteiger partial charge on any atom is 0.252 e. The highest BCUT2D eigenvalue weighted by Gasteiger charge is 2.17. The number of pyridine rings is 1. The van der Waals surface area contributed by atoms with Gasteiger partial charge in [-0.05, 0) is 18.9 Å². The van der Waals surface area contributed by atoms with Gasteiger partial charge in [0.05, 0.1) is 10.6 Å². The first-order valence-electron chi connectivity index (χ1n) is 6.34. The van der Waals surface area contributed by atoms with Gasteiger partial charge in [0.25, 0.3) is 5.91 Å². The molecular formula is C13H16ClN3O2. The number of nitrogens with zero attached hydrogens (tertiary/aromatic N) is 2. The molecule has 0 aliphatic carbocycles. The van der Waals surface area contributed by atoms with Crippen molar-refractivity contribution in [2.24, 2.45) is 0 Å². The Balaban J connectivity index is 1.78. The summed E-state index contributed by atoms with van der Waals surface area (Å²) in [4.78, 5) is 29.2. The van der Waals surface area contributed by atoms with E-state index < -0.39 is 0 Å². The Morgan fingerprint density at radius 2 is 2.11 bits per heavy atom. The number of rotatable bonds is 4. The molecule has 5 nitrogen and oxygen atoms in total. The maximum absolute atomic E-state index is 11.8. The Morgan fingerprint density at radius 1 is 1.37 bits per heavy atom. The molecule has 1 aliphatic rings. The lowest BCUT2D eigenvalue weighted by molar-refractivity contribution is -0.129. The Bertz CT molecular complexity index is 473. The van der Waals surface area contributed by atoms with E-state index in [0.717, 1.165) is 25.9 Å². The predicted octanol–water partition coefficient (Wildman–Crippen LogP) is 1.48. The number of carbonyl (C=O) groups excluding carboxylic acids is 2. The van der Waals surface area contributed by atoms with E-state index in [1.807, 2.05) is 4.90 Å². The van der Waals surface area contributed by atoms with E-state index in [1.165, 1.54) is 12.4 Å². The van der Waals surface area contributed by atoms with Crippen molar-refractivity contribution in [3.05, 3.63) is 29.0 Å². The Hall–Kier alpha value is -1.62. The molecule has 2 amide bonds. The molecule has 1 N–H and O–H groups in total. The third-order valence-electron chi connectivity index (χ3n) is 3.10. The van der Waals surface area contributed by atoms with Crippen LogP contribution in [-0.4, -0.2) is 41.3 Å². The van der Waals surface area contributed by atoms with E-state index in [-0.39, 0.29) is 11.8 Å². The van der Waals surface area contributed by atoms with E-state index in [1.54, 1.807) is 6.07 Å². The van der Waals surface area contributed by atoms with Gasteiger partial charge in [-0.3, -0.25) is 14.6 Å². The van der Waals surface area contributed by atoms with Crippen LogP contribution in [0.3, 0.4) is 0 Å². The molecule has 6 heteroatoms. The molecule has 0 atom stereocenters. The highest BCUT2D eigenvalue weighted by atomic mass is 35.5. The molecule has 1 aromatic heterocycles. The van der Waals surface area contributed by atoms with Crippen LogP contribution < -0.4 is 5.32 Å². The largest absolute Gasteiger partial charge is 0.351 e. The number of aromatic nitrogens is 1. The lowest BCUT2D eigenvalue weighted by Gasteiger charge is -2.15. The van der Waals surface area contributed by atoms with Crippen molar-refractivity contribution < 1.29 is 9.59 Å². The summed E-state index contributed by atoms with van der Waals surface area (Å²) in [6.07, 6.45) is 5.41. The monoisotopic (exact) mass is 281 g/mol. The van der Waals surface area contributed by atoms with E-state index in [4.69, 9.17) is 11.6 Å². The molecule has 102 valence electrons. The molecule has 2 heterocycles.